The number of nitrogens with zero attached hydrogens (tertiary/aromatic N) is 7. The number of ether oxygens (including phenoxy) is 3. The van der Waals surface area contributed by atoms with Gasteiger partial charge in [-0.05, 0) is 23.8 Å². The molecule has 0 spiro atoms. The van der Waals surface area contributed by atoms with Crippen molar-refractivity contribution in [3.05, 3.63) is 47.9 Å². The number of nitrogens with one attached hydrogen (secondary N) is 2. The number of hydrogen-bond acceptors (Lipinski definition) is 11. The maximum Gasteiger partial charge on any atom is 0.409 e. The minimum Gasteiger partial charge on any atom is -0.472 e. The highest BCUT2D eigenvalue weighted by atomic mass is 16.6. The average molecular weight is 580 g/mol. The van der Waals surface area contributed by atoms with E-state index in [-0.39, 0.29) is 36.6 Å². The summed E-state index contributed by atoms with van der Waals surface area (Å²) in [7, 11) is 0. The molecular weight excluding hydrogens is 546 g/mol. The third-order valence-corrected chi connectivity index (χ3v) is 6.92. The molecule has 2 aliphatic rings. The van der Waals surface area contributed by atoms with Crippen molar-refractivity contribution in [1.29, 1.82) is 0 Å². The summed E-state index contributed by atoms with van der Waals surface area (Å²) in [6.07, 6.45) is 0.674. The van der Waals surface area contributed by atoms with Gasteiger partial charge in [0.05, 0.1) is 19.8 Å². The van der Waals surface area contributed by atoms with Crippen molar-refractivity contribution in [2.24, 2.45) is 0 Å². The highest BCUT2D eigenvalue weighted by molar-refractivity contribution is 5.96. The summed E-state index contributed by atoms with van der Waals surface area (Å²) >= 11 is 0. The number of aromatic amines is 1. The molecule has 2 saturated heterocycles. The van der Waals surface area contributed by atoms with Gasteiger partial charge in [0.1, 0.15) is 23.7 Å². The second kappa shape index (κ2) is 13.8. The minimum absolute atomic E-state index is 0.0593. The summed E-state index contributed by atoms with van der Waals surface area (Å²) in [4.78, 5) is 51.6. The highest BCUT2D eigenvalue weighted by Crippen LogP contribution is 2.22. The van der Waals surface area contributed by atoms with Crippen LogP contribution in [0.1, 0.15) is 36.1 Å². The SMILES string of the molecule is CCOC(=O)N1CCN(C(=O)C(CCc2nnn[nH]2)NC(=O)c2cc(OC3CCOC3)nc(-c3ccccc3)n2)CC1. The van der Waals surface area contributed by atoms with Crippen LogP contribution in [0.4, 0.5) is 4.79 Å². The molecular formula is C27H33N9O6. The van der Waals surface area contributed by atoms with Crippen LogP contribution in [0.2, 0.25) is 0 Å². The Kier molecular flexibility index (Phi) is 9.48. The van der Waals surface area contributed by atoms with Gasteiger partial charge in [-0.25, -0.2) is 14.9 Å². The lowest BCUT2D eigenvalue weighted by Crippen LogP contribution is -2.56. The number of H-pyrrole nitrogens is 1. The van der Waals surface area contributed by atoms with Crippen LogP contribution in [0.25, 0.3) is 11.4 Å². The summed E-state index contributed by atoms with van der Waals surface area (Å²) < 4.78 is 16.5. The van der Waals surface area contributed by atoms with E-state index in [1.54, 1.807) is 16.7 Å². The number of tetrazole rings is 1. The number of amides is 3. The Labute approximate surface area is 241 Å². The zero-order valence-electron chi connectivity index (χ0n) is 23.3. The molecule has 2 aliphatic heterocycles. The Bertz CT molecular complexity index is 1340. The zero-order chi connectivity index (χ0) is 29.3. The second-order valence-electron chi connectivity index (χ2n) is 9.81. The molecule has 0 radical (unpaired) electrons. The smallest absolute Gasteiger partial charge is 0.409 e. The van der Waals surface area contributed by atoms with Gasteiger partial charge in [-0.2, -0.15) is 4.98 Å². The van der Waals surface area contributed by atoms with Crippen molar-refractivity contribution in [3.63, 3.8) is 0 Å². The van der Waals surface area contributed by atoms with Gasteiger partial charge in [-0.1, -0.05) is 30.3 Å². The lowest BCUT2D eigenvalue weighted by Gasteiger charge is -2.36. The number of aryl methyl sites for hydroxylation is 1. The van der Waals surface area contributed by atoms with E-state index in [1.807, 2.05) is 30.3 Å². The zero-order valence-corrected chi connectivity index (χ0v) is 23.3. The van der Waals surface area contributed by atoms with Crippen molar-refractivity contribution in [2.75, 3.05) is 46.0 Å². The molecule has 2 atom stereocenters. The quantitative estimate of drug-likeness (QED) is 0.348. The van der Waals surface area contributed by atoms with E-state index >= 15 is 0 Å². The molecule has 42 heavy (non-hydrogen) atoms. The van der Waals surface area contributed by atoms with Crippen LogP contribution in [0.5, 0.6) is 5.88 Å². The Morgan fingerprint density at radius 3 is 2.60 bits per heavy atom. The van der Waals surface area contributed by atoms with Crippen molar-refractivity contribution >= 4 is 17.9 Å². The summed E-state index contributed by atoms with van der Waals surface area (Å²) in [5.41, 5.74) is 0.772. The molecule has 15 heteroatoms. The van der Waals surface area contributed by atoms with Gasteiger partial charge < -0.3 is 29.3 Å². The molecule has 222 valence electrons. The predicted octanol–water partition coefficient (Wildman–Crippen LogP) is 0.856. The van der Waals surface area contributed by atoms with Crippen LogP contribution in [0.15, 0.2) is 36.4 Å². The topological polar surface area (TPSA) is 178 Å². The van der Waals surface area contributed by atoms with Crippen LogP contribution in [-0.4, -0.2) is 116 Å². The standard InChI is InChI=1S/C27H33N9O6/c1-2-41-27(39)36-13-11-35(12-14-36)26(38)20(8-9-22-31-33-34-32-22)29-25(37)21-16-23(42-19-10-15-40-17-19)30-24(28-21)18-6-4-3-5-7-18/h3-7,16,19-20H,2,8-15,17H2,1H3,(H,29,37)(H,31,32,33,34). The number of hydrogen-bond donors (Lipinski definition) is 2. The molecule has 2 fully saturated rings. The molecule has 2 N–H and O–H groups in total. The van der Waals surface area contributed by atoms with E-state index in [1.165, 1.54) is 6.07 Å². The van der Waals surface area contributed by atoms with Crippen LogP contribution >= 0.6 is 0 Å². The lowest BCUT2D eigenvalue weighted by atomic mass is 10.1. The van der Waals surface area contributed by atoms with E-state index in [0.717, 1.165) is 0 Å². The molecule has 1 aromatic carbocycles. The Morgan fingerprint density at radius 2 is 1.90 bits per heavy atom. The van der Waals surface area contributed by atoms with Gasteiger partial charge in [-0.3, -0.25) is 9.59 Å². The first-order valence-electron chi connectivity index (χ1n) is 13.9. The summed E-state index contributed by atoms with van der Waals surface area (Å²) in [6, 6.07) is 9.83. The molecule has 2 aromatic heterocycles. The van der Waals surface area contributed by atoms with E-state index < -0.39 is 18.0 Å². The average Bonchev–Trinajstić information content (AvgIpc) is 3.74. The van der Waals surface area contributed by atoms with Gasteiger partial charge >= 0.3 is 6.09 Å². The van der Waals surface area contributed by atoms with E-state index in [4.69, 9.17) is 14.2 Å². The van der Waals surface area contributed by atoms with Crippen LogP contribution in [-0.2, 0) is 20.7 Å². The monoisotopic (exact) mass is 579 g/mol. The third-order valence-electron chi connectivity index (χ3n) is 6.92. The molecule has 2 unspecified atom stereocenters. The Morgan fingerprint density at radius 1 is 1.12 bits per heavy atom. The fourth-order valence-corrected chi connectivity index (χ4v) is 4.69. The van der Waals surface area contributed by atoms with Crippen molar-refractivity contribution in [2.45, 2.75) is 38.3 Å². The number of carbonyl (C=O) groups is 3. The summed E-state index contributed by atoms with van der Waals surface area (Å²) in [5, 5.41) is 16.6. The van der Waals surface area contributed by atoms with Crippen LogP contribution in [0.3, 0.4) is 0 Å². The van der Waals surface area contributed by atoms with Crippen molar-refractivity contribution in [3.8, 4) is 17.3 Å². The van der Waals surface area contributed by atoms with E-state index in [0.29, 0.717) is 69.4 Å². The number of carbonyl (C=O) groups excluding carboxylic acids is 3. The highest BCUT2D eigenvalue weighted by Gasteiger charge is 2.31. The maximum atomic E-state index is 13.7. The first-order chi connectivity index (χ1) is 20.5. The van der Waals surface area contributed by atoms with Crippen molar-refractivity contribution in [1.82, 2.24) is 45.7 Å². The normalized spacial score (nSPS) is 17.5. The fourth-order valence-electron chi connectivity index (χ4n) is 4.69. The van der Waals surface area contributed by atoms with Crippen molar-refractivity contribution < 1.29 is 28.6 Å². The van der Waals surface area contributed by atoms with Gasteiger partial charge in [0.15, 0.2) is 5.82 Å². The number of rotatable bonds is 10. The summed E-state index contributed by atoms with van der Waals surface area (Å²) in [6.45, 7) is 4.31. The molecule has 4 heterocycles. The molecule has 3 aromatic rings. The number of aromatic nitrogens is 6. The third kappa shape index (κ3) is 7.34. The van der Waals surface area contributed by atoms with Gasteiger partial charge in [0, 0.05) is 50.7 Å². The Hall–Kier alpha value is -4.66. The fraction of sp³-hybridized carbons (Fsp3) is 0.481. The summed E-state index contributed by atoms with van der Waals surface area (Å²) in [5.74, 6) is 0.215. The molecule has 0 bridgehead atoms. The molecule has 0 saturated carbocycles. The molecule has 5 rings (SSSR count). The lowest BCUT2D eigenvalue weighted by molar-refractivity contribution is -0.135. The van der Waals surface area contributed by atoms with Gasteiger partial charge in [0.25, 0.3) is 5.91 Å². The van der Waals surface area contributed by atoms with Crippen LogP contribution < -0.4 is 10.1 Å². The second-order valence-corrected chi connectivity index (χ2v) is 9.81. The number of piperazine rings is 1. The van der Waals surface area contributed by atoms with E-state index in [9.17, 15) is 14.4 Å². The maximum absolute atomic E-state index is 13.7. The van der Waals surface area contributed by atoms with Gasteiger partial charge in [0.2, 0.25) is 11.8 Å². The molecule has 3 amide bonds. The number of benzene rings is 1. The first kappa shape index (κ1) is 28.9. The van der Waals surface area contributed by atoms with Gasteiger partial charge in [-0.15, -0.1) is 5.10 Å². The molecule has 15 nitrogen and oxygen atoms in total. The Balaban J connectivity index is 1.34. The predicted molar refractivity (Wildman–Crippen MR) is 146 cm³/mol. The van der Waals surface area contributed by atoms with E-state index in [2.05, 4.69) is 35.9 Å². The minimum atomic E-state index is -0.903. The first-order valence-corrected chi connectivity index (χ1v) is 13.9. The largest absolute Gasteiger partial charge is 0.472 e. The molecule has 0 aliphatic carbocycles. The van der Waals surface area contributed by atoms with Crippen LogP contribution in [0, 0.1) is 0 Å².